The molecule has 0 bridgehead atoms. The van der Waals surface area contributed by atoms with E-state index in [4.69, 9.17) is 0 Å². The number of methoxy groups -OCH3 is 2. The van der Waals surface area contributed by atoms with Gasteiger partial charge < -0.3 is 19.7 Å². The lowest BCUT2D eigenvalue weighted by Crippen LogP contribution is -2.45. The third kappa shape index (κ3) is 2.51. The second-order valence-electron chi connectivity index (χ2n) is 3.87. The number of aliphatic hydroxyl groups is 2. The number of carbonyl (C=O) groups is 2. The summed E-state index contributed by atoms with van der Waals surface area (Å²) in [4.78, 5) is 22.9. The molecule has 0 aliphatic heterocycles. The molecule has 0 saturated heterocycles. The van der Waals surface area contributed by atoms with Crippen molar-refractivity contribution in [3.63, 3.8) is 0 Å². The first kappa shape index (κ1) is 12.9. The molecule has 4 atom stereocenters. The van der Waals surface area contributed by atoms with Crippen molar-refractivity contribution < 1.29 is 29.3 Å². The van der Waals surface area contributed by atoms with Gasteiger partial charge in [0.1, 0.15) is 0 Å². The van der Waals surface area contributed by atoms with Gasteiger partial charge in [0.25, 0.3) is 0 Å². The molecule has 0 aromatic heterocycles. The molecule has 1 saturated carbocycles. The number of carbonyl (C=O) groups excluding carboxylic acids is 2. The summed E-state index contributed by atoms with van der Waals surface area (Å²) in [7, 11) is 2.43. The van der Waals surface area contributed by atoms with Gasteiger partial charge in [-0.15, -0.1) is 0 Å². The van der Waals surface area contributed by atoms with Crippen molar-refractivity contribution in [3.05, 3.63) is 0 Å². The van der Waals surface area contributed by atoms with Crippen LogP contribution in [-0.4, -0.2) is 48.6 Å². The highest BCUT2D eigenvalue weighted by Crippen LogP contribution is 2.32. The average molecular weight is 232 g/mol. The average Bonchev–Trinajstić information content (AvgIpc) is 2.30. The Morgan fingerprint density at radius 3 is 1.50 bits per heavy atom. The van der Waals surface area contributed by atoms with Crippen LogP contribution in [0.3, 0.4) is 0 Å². The van der Waals surface area contributed by atoms with Crippen LogP contribution in [0.5, 0.6) is 0 Å². The van der Waals surface area contributed by atoms with Crippen LogP contribution in [0.15, 0.2) is 0 Å². The zero-order valence-electron chi connectivity index (χ0n) is 9.25. The van der Waals surface area contributed by atoms with E-state index in [-0.39, 0.29) is 12.8 Å². The van der Waals surface area contributed by atoms with Crippen molar-refractivity contribution in [1.82, 2.24) is 0 Å². The van der Waals surface area contributed by atoms with Crippen LogP contribution in [0, 0.1) is 11.8 Å². The minimum atomic E-state index is -1.01. The van der Waals surface area contributed by atoms with E-state index in [1.807, 2.05) is 0 Å². The van der Waals surface area contributed by atoms with Crippen LogP contribution in [-0.2, 0) is 19.1 Å². The van der Waals surface area contributed by atoms with E-state index >= 15 is 0 Å². The van der Waals surface area contributed by atoms with Gasteiger partial charge in [0, 0.05) is 0 Å². The molecule has 0 heterocycles. The maximum atomic E-state index is 11.4. The van der Waals surface area contributed by atoms with Crippen LogP contribution in [0.25, 0.3) is 0 Å². The van der Waals surface area contributed by atoms with Gasteiger partial charge >= 0.3 is 11.9 Å². The molecule has 0 unspecified atom stereocenters. The molecular formula is C10H16O6. The Balaban J connectivity index is 2.83. The Morgan fingerprint density at radius 2 is 1.25 bits per heavy atom. The largest absolute Gasteiger partial charge is 0.469 e. The van der Waals surface area contributed by atoms with E-state index in [2.05, 4.69) is 9.47 Å². The Hall–Kier alpha value is -1.14. The number of esters is 2. The Labute approximate surface area is 93.2 Å². The molecule has 2 N–H and O–H groups in total. The first-order valence-corrected chi connectivity index (χ1v) is 5.03. The standard InChI is InChI=1S/C10H16O6/c1-15-9(13)5-3-7(11)8(12)4-6(5)10(14)16-2/h5-8,11-12H,3-4H2,1-2H3/t5-,6-,7-,8-/m0/s1. The van der Waals surface area contributed by atoms with Crippen LogP contribution in [0.4, 0.5) is 0 Å². The van der Waals surface area contributed by atoms with Gasteiger partial charge in [-0.2, -0.15) is 0 Å². The minimum absolute atomic E-state index is 0.00755. The predicted molar refractivity (Wildman–Crippen MR) is 52.3 cm³/mol. The highest BCUT2D eigenvalue weighted by molar-refractivity contribution is 5.82. The fourth-order valence-electron chi connectivity index (χ4n) is 1.99. The fraction of sp³-hybridized carbons (Fsp3) is 0.800. The van der Waals surface area contributed by atoms with Crippen LogP contribution in [0.2, 0.25) is 0 Å². The summed E-state index contributed by atoms with van der Waals surface area (Å²) in [6.45, 7) is 0. The van der Waals surface area contributed by atoms with Gasteiger partial charge in [-0.05, 0) is 12.8 Å². The van der Waals surface area contributed by atoms with Crippen LogP contribution in [0.1, 0.15) is 12.8 Å². The molecule has 0 amide bonds. The molecule has 1 fully saturated rings. The number of aliphatic hydroxyl groups excluding tert-OH is 2. The van der Waals surface area contributed by atoms with E-state index in [1.54, 1.807) is 0 Å². The summed E-state index contributed by atoms with van der Waals surface area (Å²) in [5.74, 6) is -2.64. The zero-order valence-corrected chi connectivity index (χ0v) is 9.25. The normalized spacial score (nSPS) is 34.2. The Bertz CT molecular complexity index is 248. The lowest BCUT2D eigenvalue weighted by Gasteiger charge is -2.33. The topological polar surface area (TPSA) is 93.1 Å². The smallest absolute Gasteiger partial charge is 0.309 e. The van der Waals surface area contributed by atoms with E-state index in [9.17, 15) is 19.8 Å². The lowest BCUT2D eigenvalue weighted by molar-refractivity contribution is -0.166. The summed E-state index contributed by atoms with van der Waals surface area (Å²) in [6, 6.07) is 0. The first-order chi connectivity index (χ1) is 7.51. The van der Waals surface area contributed by atoms with E-state index < -0.39 is 36.0 Å². The van der Waals surface area contributed by atoms with Crippen molar-refractivity contribution in [2.45, 2.75) is 25.0 Å². The van der Waals surface area contributed by atoms with Gasteiger partial charge in [0.05, 0.1) is 38.3 Å². The number of rotatable bonds is 2. The third-order valence-corrected chi connectivity index (χ3v) is 2.93. The molecule has 1 rings (SSSR count). The molecule has 0 aromatic rings. The Morgan fingerprint density at radius 1 is 0.938 bits per heavy atom. The quantitative estimate of drug-likeness (QED) is 0.598. The predicted octanol–water partition coefficient (Wildman–Crippen LogP) is -0.920. The molecule has 6 heteroatoms. The molecule has 1 aliphatic rings. The van der Waals surface area contributed by atoms with E-state index in [0.29, 0.717) is 0 Å². The summed E-state index contributed by atoms with van der Waals surface area (Å²) >= 11 is 0. The molecule has 0 spiro atoms. The molecule has 1 aliphatic carbocycles. The second-order valence-corrected chi connectivity index (χ2v) is 3.87. The number of ether oxygens (including phenoxy) is 2. The van der Waals surface area contributed by atoms with Gasteiger partial charge in [0.2, 0.25) is 0 Å². The summed E-state index contributed by atoms with van der Waals surface area (Å²) in [5.41, 5.74) is 0. The fourth-order valence-corrected chi connectivity index (χ4v) is 1.99. The molecule has 92 valence electrons. The second kappa shape index (κ2) is 5.27. The third-order valence-electron chi connectivity index (χ3n) is 2.93. The van der Waals surface area contributed by atoms with E-state index in [1.165, 1.54) is 14.2 Å². The maximum absolute atomic E-state index is 11.4. The Kier molecular flexibility index (Phi) is 4.26. The van der Waals surface area contributed by atoms with Gasteiger partial charge in [0.15, 0.2) is 0 Å². The van der Waals surface area contributed by atoms with Crippen molar-refractivity contribution in [2.75, 3.05) is 14.2 Å². The van der Waals surface area contributed by atoms with Crippen molar-refractivity contribution >= 4 is 11.9 Å². The molecule has 0 aromatic carbocycles. The minimum Gasteiger partial charge on any atom is -0.469 e. The van der Waals surface area contributed by atoms with E-state index in [0.717, 1.165) is 0 Å². The summed E-state index contributed by atoms with van der Waals surface area (Å²) in [6.07, 6.45) is -2.00. The zero-order chi connectivity index (χ0) is 12.3. The SMILES string of the molecule is COC(=O)[C@H]1C[C@H](O)[C@@H](O)C[C@@H]1C(=O)OC. The maximum Gasteiger partial charge on any atom is 0.309 e. The number of hydrogen-bond acceptors (Lipinski definition) is 6. The molecular weight excluding hydrogens is 216 g/mol. The van der Waals surface area contributed by atoms with Crippen LogP contribution >= 0.6 is 0 Å². The molecule has 0 radical (unpaired) electrons. The first-order valence-electron chi connectivity index (χ1n) is 5.03. The molecule has 16 heavy (non-hydrogen) atoms. The van der Waals surface area contributed by atoms with Gasteiger partial charge in [-0.25, -0.2) is 0 Å². The van der Waals surface area contributed by atoms with Crippen LogP contribution < -0.4 is 0 Å². The van der Waals surface area contributed by atoms with Gasteiger partial charge in [-0.3, -0.25) is 9.59 Å². The van der Waals surface area contributed by atoms with Crippen molar-refractivity contribution in [3.8, 4) is 0 Å². The lowest BCUT2D eigenvalue weighted by atomic mass is 9.76. The molecule has 6 nitrogen and oxygen atoms in total. The number of hydrogen-bond donors (Lipinski definition) is 2. The summed E-state index contributed by atoms with van der Waals surface area (Å²) < 4.78 is 9.12. The highest BCUT2D eigenvalue weighted by Gasteiger charge is 2.44. The monoisotopic (exact) mass is 232 g/mol. The summed E-state index contributed by atoms with van der Waals surface area (Å²) in [5, 5.41) is 18.9. The van der Waals surface area contributed by atoms with Crippen molar-refractivity contribution in [2.24, 2.45) is 11.8 Å². The van der Waals surface area contributed by atoms with Gasteiger partial charge in [-0.1, -0.05) is 0 Å². The highest BCUT2D eigenvalue weighted by atomic mass is 16.5. The van der Waals surface area contributed by atoms with Crippen molar-refractivity contribution in [1.29, 1.82) is 0 Å².